The molecule has 0 bridgehead atoms. The Hall–Kier alpha value is -2.26. The zero-order valence-electron chi connectivity index (χ0n) is 10.3. The predicted molar refractivity (Wildman–Crippen MR) is 71.2 cm³/mol. The van der Waals surface area contributed by atoms with Crippen molar-refractivity contribution in [2.75, 3.05) is 12.3 Å². The summed E-state index contributed by atoms with van der Waals surface area (Å²) >= 11 is 0. The number of amides is 1. The van der Waals surface area contributed by atoms with E-state index in [4.69, 9.17) is 10.2 Å². The summed E-state index contributed by atoms with van der Waals surface area (Å²) < 4.78 is 21.5. The molecule has 1 aromatic heterocycles. The van der Waals surface area contributed by atoms with Gasteiger partial charge in [-0.2, -0.15) is 0 Å². The lowest BCUT2D eigenvalue weighted by Gasteiger charge is -2.06. The van der Waals surface area contributed by atoms with Crippen LogP contribution in [-0.2, 0) is 14.8 Å². The largest absolute Gasteiger partial charge is 0.478 e. The highest BCUT2D eigenvalue weighted by molar-refractivity contribution is 7.89. The molecule has 0 aliphatic rings. The van der Waals surface area contributed by atoms with Crippen LogP contribution in [0, 0.1) is 0 Å². The predicted octanol–water partition coefficient (Wildman–Crippen LogP) is -0.802. The van der Waals surface area contributed by atoms with Crippen LogP contribution < -0.4 is 10.5 Å². The van der Waals surface area contributed by atoms with Crippen LogP contribution in [-0.4, -0.2) is 42.7 Å². The third-order valence-electron chi connectivity index (χ3n) is 2.13. The summed E-state index contributed by atoms with van der Waals surface area (Å²) in [5, 5.41) is 15.7. The molecule has 1 amide bonds. The monoisotopic (exact) mass is 299 g/mol. The maximum absolute atomic E-state index is 11.8. The van der Waals surface area contributed by atoms with Gasteiger partial charge in [-0.3, -0.25) is 9.78 Å². The van der Waals surface area contributed by atoms with Crippen molar-refractivity contribution >= 4 is 28.0 Å². The Labute approximate surface area is 115 Å². The minimum Gasteiger partial charge on any atom is -0.478 e. The lowest BCUT2D eigenvalue weighted by Crippen LogP contribution is -2.32. The van der Waals surface area contributed by atoms with Gasteiger partial charge in [0.25, 0.3) is 5.91 Å². The number of rotatable bonds is 6. The second-order valence-electron chi connectivity index (χ2n) is 3.74. The Balaban J connectivity index is 2.80. The fourth-order valence-electron chi connectivity index (χ4n) is 1.29. The number of carboxylic acids is 1. The van der Waals surface area contributed by atoms with Crippen molar-refractivity contribution in [1.29, 1.82) is 0 Å². The van der Waals surface area contributed by atoms with Gasteiger partial charge in [0, 0.05) is 24.4 Å². The van der Waals surface area contributed by atoms with E-state index in [2.05, 4.69) is 10.3 Å². The molecule has 0 unspecified atom stereocenters. The number of aliphatic carboxylic acids is 1. The van der Waals surface area contributed by atoms with Gasteiger partial charge in [0.2, 0.25) is 10.0 Å². The third kappa shape index (κ3) is 5.59. The van der Waals surface area contributed by atoms with Gasteiger partial charge < -0.3 is 10.4 Å². The van der Waals surface area contributed by atoms with Gasteiger partial charge >= 0.3 is 5.97 Å². The molecule has 0 spiro atoms. The molecule has 0 aliphatic carbocycles. The first kappa shape index (κ1) is 15.8. The third-order valence-corrected chi connectivity index (χ3v) is 2.90. The second kappa shape index (κ2) is 6.78. The number of nitrogens with two attached hydrogens (primary N) is 1. The molecule has 0 radical (unpaired) electrons. The summed E-state index contributed by atoms with van der Waals surface area (Å²) in [5.74, 6) is -2.17. The standard InChI is InChI=1S/C11H13N3O5S/c12-20(18,19)7-6-14-11(17)10-8(2-1-5-13-10)3-4-9(15)16/h1-5H,6-7H2,(H,14,17)(H,15,16)(H2,12,18,19)/b4-3+. The molecule has 1 heterocycles. The first-order chi connectivity index (χ1) is 9.29. The van der Waals surface area contributed by atoms with Crippen LogP contribution in [0.15, 0.2) is 24.4 Å². The van der Waals surface area contributed by atoms with Gasteiger partial charge in [0.1, 0.15) is 5.69 Å². The van der Waals surface area contributed by atoms with Crippen LogP contribution in [0.1, 0.15) is 16.1 Å². The van der Waals surface area contributed by atoms with Gasteiger partial charge in [-0.1, -0.05) is 6.07 Å². The zero-order chi connectivity index (χ0) is 15.2. The number of nitrogens with zero attached hydrogens (tertiary/aromatic N) is 1. The molecule has 0 atom stereocenters. The van der Waals surface area contributed by atoms with Crippen molar-refractivity contribution in [3.63, 3.8) is 0 Å². The summed E-state index contributed by atoms with van der Waals surface area (Å²) in [6, 6.07) is 3.06. The van der Waals surface area contributed by atoms with E-state index in [-0.39, 0.29) is 12.2 Å². The van der Waals surface area contributed by atoms with E-state index >= 15 is 0 Å². The normalized spacial score (nSPS) is 11.4. The molecule has 8 nitrogen and oxygen atoms in total. The van der Waals surface area contributed by atoms with Crippen LogP contribution >= 0.6 is 0 Å². The molecule has 1 aromatic rings. The topological polar surface area (TPSA) is 139 Å². The van der Waals surface area contributed by atoms with Gasteiger partial charge in [-0.05, 0) is 12.1 Å². The highest BCUT2D eigenvalue weighted by atomic mass is 32.2. The molecule has 108 valence electrons. The molecule has 9 heteroatoms. The van der Waals surface area contributed by atoms with Crippen LogP contribution in [0.25, 0.3) is 6.08 Å². The first-order valence-electron chi connectivity index (χ1n) is 5.44. The van der Waals surface area contributed by atoms with Gasteiger partial charge in [-0.15, -0.1) is 0 Å². The van der Waals surface area contributed by atoms with Crippen molar-refractivity contribution in [3.05, 3.63) is 35.7 Å². The summed E-state index contributed by atoms with van der Waals surface area (Å²) in [7, 11) is -3.66. The smallest absolute Gasteiger partial charge is 0.328 e. The Morgan fingerprint density at radius 3 is 2.75 bits per heavy atom. The summed E-state index contributed by atoms with van der Waals surface area (Å²) in [6.45, 7) is -0.156. The highest BCUT2D eigenvalue weighted by Gasteiger charge is 2.12. The number of primary sulfonamides is 1. The Morgan fingerprint density at radius 2 is 2.15 bits per heavy atom. The highest BCUT2D eigenvalue weighted by Crippen LogP contribution is 2.07. The molecular formula is C11H13N3O5S. The van der Waals surface area contributed by atoms with Crippen molar-refractivity contribution < 1.29 is 23.1 Å². The van der Waals surface area contributed by atoms with Gasteiger partial charge in [0.15, 0.2) is 0 Å². The van der Waals surface area contributed by atoms with Crippen molar-refractivity contribution in [2.45, 2.75) is 0 Å². The molecular weight excluding hydrogens is 286 g/mol. The average molecular weight is 299 g/mol. The van der Waals surface area contributed by atoms with E-state index in [1.165, 1.54) is 18.3 Å². The molecule has 0 saturated carbocycles. The lowest BCUT2D eigenvalue weighted by atomic mass is 10.1. The number of carboxylic acid groups (broad SMARTS) is 1. The van der Waals surface area contributed by atoms with Gasteiger partial charge in [0.05, 0.1) is 5.75 Å². The molecule has 20 heavy (non-hydrogen) atoms. The van der Waals surface area contributed by atoms with Gasteiger partial charge in [-0.25, -0.2) is 18.4 Å². The molecule has 0 fully saturated rings. The van der Waals surface area contributed by atoms with Crippen molar-refractivity contribution in [1.82, 2.24) is 10.3 Å². The Morgan fingerprint density at radius 1 is 1.45 bits per heavy atom. The number of aromatic nitrogens is 1. The van der Waals surface area contributed by atoms with E-state index in [1.807, 2.05) is 0 Å². The molecule has 4 N–H and O–H groups in total. The van der Waals surface area contributed by atoms with E-state index in [1.54, 1.807) is 6.07 Å². The minimum absolute atomic E-state index is 0.000538. The number of carbonyl (C=O) groups is 2. The van der Waals surface area contributed by atoms with E-state index < -0.39 is 27.7 Å². The van der Waals surface area contributed by atoms with Crippen LogP contribution in [0.4, 0.5) is 0 Å². The molecule has 0 aromatic carbocycles. The summed E-state index contributed by atoms with van der Waals surface area (Å²) in [6.07, 6.45) is 3.47. The SMILES string of the molecule is NS(=O)(=O)CCNC(=O)c1ncccc1/C=C/C(=O)O. The number of pyridine rings is 1. The van der Waals surface area contributed by atoms with E-state index in [0.29, 0.717) is 5.56 Å². The van der Waals surface area contributed by atoms with Crippen LogP contribution in [0.2, 0.25) is 0 Å². The number of sulfonamides is 1. The number of hydrogen-bond donors (Lipinski definition) is 3. The van der Waals surface area contributed by atoms with E-state index in [9.17, 15) is 18.0 Å². The molecule has 1 rings (SSSR count). The average Bonchev–Trinajstić information content (AvgIpc) is 2.35. The minimum atomic E-state index is -3.66. The number of hydrogen-bond acceptors (Lipinski definition) is 5. The Bertz CT molecular complexity index is 639. The summed E-state index contributed by atoms with van der Waals surface area (Å²) in [5.41, 5.74) is 0.308. The quantitative estimate of drug-likeness (QED) is 0.587. The zero-order valence-corrected chi connectivity index (χ0v) is 11.1. The second-order valence-corrected chi connectivity index (χ2v) is 5.47. The maximum atomic E-state index is 11.8. The molecule has 0 saturated heterocycles. The van der Waals surface area contributed by atoms with Crippen molar-refractivity contribution in [2.24, 2.45) is 5.14 Å². The Kier molecular flexibility index (Phi) is 5.35. The van der Waals surface area contributed by atoms with Crippen molar-refractivity contribution in [3.8, 4) is 0 Å². The van der Waals surface area contributed by atoms with Crippen LogP contribution in [0.3, 0.4) is 0 Å². The summed E-state index contributed by atoms with van der Waals surface area (Å²) in [4.78, 5) is 26.1. The fourth-order valence-corrected chi connectivity index (χ4v) is 1.68. The van der Waals surface area contributed by atoms with E-state index in [0.717, 1.165) is 6.08 Å². The van der Waals surface area contributed by atoms with Crippen LogP contribution in [0.5, 0.6) is 0 Å². The maximum Gasteiger partial charge on any atom is 0.328 e. The number of nitrogens with one attached hydrogen (secondary N) is 1. The lowest BCUT2D eigenvalue weighted by molar-refractivity contribution is -0.131. The molecule has 0 aliphatic heterocycles. The first-order valence-corrected chi connectivity index (χ1v) is 7.16. The fraction of sp³-hybridized carbons (Fsp3) is 0.182. The number of carbonyl (C=O) groups excluding carboxylic acids is 1.